The molecule has 1 atom stereocenters. The summed E-state index contributed by atoms with van der Waals surface area (Å²) >= 11 is 0. The predicted octanol–water partition coefficient (Wildman–Crippen LogP) is 3.45. The van der Waals surface area contributed by atoms with Crippen LogP contribution < -0.4 is 0 Å². The van der Waals surface area contributed by atoms with E-state index < -0.39 is 11.3 Å². The number of carbonyl (C=O) groups is 1. The van der Waals surface area contributed by atoms with E-state index in [0.29, 0.717) is 12.9 Å². The molecule has 2 heterocycles. The Bertz CT molecular complexity index is 482. The van der Waals surface area contributed by atoms with Gasteiger partial charge in [0, 0.05) is 6.32 Å². The molecule has 0 spiro atoms. The van der Waals surface area contributed by atoms with Gasteiger partial charge in [0.05, 0.1) is 23.9 Å². The lowest BCUT2D eigenvalue weighted by Gasteiger charge is -2.35. The fourth-order valence-electron chi connectivity index (χ4n) is 3.02. The van der Waals surface area contributed by atoms with Crippen molar-refractivity contribution < 1.29 is 23.6 Å². The number of amides is 1. The largest absolute Gasteiger partial charge is 0.460 e. The Kier molecular flexibility index (Phi) is 4.79. The number of nitrogens with zero attached hydrogens (tertiary/aromatic N) is 1. The quantitative estimate of drug-likeness (QED) is 0.720. The van der Waals surface area contributed by atoms with Crippen molar-refractivity contribution in [1.82, 2.24) is 4.90 Å². The van der Waals surface area contributed by atoms with Gasteiger partial charge in [-0.25, -0.2) is 4.79 Å². The maximum atomic E-state index is 12.7. The van der Waals surface area contributed by atoms with E-state index in [4.69, 9.17) is 18.8 Å². The lowest BCUT2D eigenvalue weighted by atomic mass is 9.80. The second-order valence-corrected chi connectivity index (χ2v) is 9.18. The number of hydrogen-bond donors (Lipinski definition) is 0. The summed E-state index contributed by atoms with van der Waals surface area (Å²) in [5.74, 6) is 0. The monoisotopic (exact) mass is 341 g/mol. The third kappa shape index (κ3) is 3.89. The van der Waals surface area contributed by atoms with Gasteiger partial charge in [-0.3, -0.25) is 4.90 Å². The Morgan fingerprint density at radius 2 is 1.62 bits per heavy atom. The first kappa shape index (κ1) is 19.5. The van der Waals surface area contributed by atoms with Crippen LogP contribution in [0.1, 0.15) is 62.3 Å². The molecular formula is C17H32BNO5. The van der Waals surface area contributed by atoms with E-state index in [0.717, 1.165) is 0 Å². The standard InChI is InChI=1S/C17H32BNO5/c1-14(2,3)22-13(20)19-12(11-21-17(19,8)9)10-18-23-15(4,5)16(6,7)24-18/h12H,10-11H2,1-9H3. The summed E-state index contributed by atoms with van der Waals surface area (Å²) in [6, 6.07) is -0.149. The highest BCUT2D eigenvalue weighted by Gasteiger charge is 2.54. The highest BCUT2D eigenvalue weighted by Crippen LogP contribution is 2.40. The van der Waals surface area contributed by atoms with Gasteiger partial charge in [0.25, 0.3) is 0 Å². The molecule has 6 nitrogen and oxygen atoms in total. The first-order valence-corrected chi connectivity index (χ1v) is 8.66. The zero-order valence-corrected chi connectivity index (χ0v) is 16.6. The SMILES string of the molecule is CC(C)(C)OC(=O)N1C(CB2OC(C)(C)C(C)(C)O2)COC1(C)C. The van der Waals surface area contributed by atoms with Gasteiger partial charge in [-0.2, -0.15) is 0 Å². The molecule has 1 unspecified atom stereocenters. The summed E-state index contributed by atoms with van der Waals surface area (Å²) in [6.45, 7) is 17.9. The van der Waals surface area contributed by atoms with E-state index in [1.165, 1.54) is 0 Å². The van der Waals surface area contributed by atoms with Crippen molar-refractivity contribution in [2.24, 2.45) is 0 Å². The van der Waals surface area contributed by atoms with Crippen LogP contribution in [0.5, 0.6) is 0 Å². The minimum Gasteiger partial charge on any atom is -0.444 e. The Morgan fingerprint density at radius 3 is 2.08 bits per heavy atom. The van der Waals surface area contributed by atoms with Crippen LogP contribution in [-0.4, -0.2) is 53.3 Å². The van der Waals surface area contributed by atoms with Crippen molar-refractivity contribution >= 4 is 13.2 Å². The van der Waals surface area contributed by atoms with Gasteiger partial charge < -0.3 is 18.8 Å². The molecule has 2 rings (SSSR count). The molecule has 1 amide bonds. The lowest BCUT2D eigenvalue weighted by molar-refractivity contribution is -0.0619. The van der Waals surface area contributed by atoms with Crippen molar-refractivity contribution in [3.63, 3.8) is 0 Å². The Hall–Kier alpha value is -0.785. The summed E-state index contributed by atoms with van der Waals surface area (Å²) in [7, 11) is -0.373. The van der Waals surface area contributed by atoms with E-state index in [1.807, 2.05) is 62.3 Å². The zero-order valence-electron chi connectivity index (χ0n) is 16.6. The molecule has 0 saturated carbocycles. The minimum atomic E-state index is -0.712. The maximum absolute atomic E-state index is 12.7. The van der Waals surface area contributed by atoms with Crippen molar-refractivity contribution in [2.75, 3.05) is 6.61 Å². The highest BCUT2D eigenvalue weighted by atomic mass is 16.7. The van der Waals surface area contributed by atoms with Crippen LogP contribution in [0, 0.1) is 0 Å². The zero-order chi connectivity index (χ0) is 18.6. The van der Waals surface area contributed by atoms with Gasteiger partial charge in [-0.15, -0.1) is 0 Å². The molecular weight excluding hydrogens is 309 g/mol. The third-order valence-electron chi connectivity index (χ3n) is 4.93. The summed E-state index contributed by atoms with van der Waals surface area (Å²) < 4.78 is 23.5. The van der Waals surface area contributed by atoms with E-state index in [9.17, 15) is 4.79 Å². The fourth-order valence-corrected chi connectivity index (χ4v) is 3.02. The molecule has 7 heteroatoms. The summed E-state index contributed by atoms with van der Waals surface area (Å²) in [5, 5.41) is 0. The fraction of sp³-hybridized carbons (Fsp3) is 0.941. The first-order valence-electron chi connectivity index (χ1n) is 8.66. The van der Waals surface area contributed by atoms with Crippen LogP contribution in [0.3, 0.4) is 0 Å². The van der Waals surface area contributed by atoms with Crippen LogP contribution in [0.25, 0.3) is 0 Å². The van der Waals surface area contributed by atoms with E-state index >= 15 is 0 Å². The molecule has 2 saturated heterocycles. The third-order valence-corrected chi connectivity index (χ3v) is 4.93. The van der Waals surface area contributed by atoms with Crippen molar-refractivity contribution in [3.8, 4) is 0 Å². The normalized spacial score (nSPS) is 28.3. The average molecular weight is 341 g/mol. The smallest absolute Gasteiger partial charge is 0.444 e. The Labute approximate surface area is 146 Å². The molecule has 0 bridgehead atoms. The molecule has 0 N–H and O–H groups in total. The molecule has 0 aliphatic carbocycles. The highest BCUT2D eigenvalue weighted by molar-refractivity contribution is 6.45. The molecule has 2 fully saturated rings. The molecule has 0 aromatic heterocycles. The number of ether oxygens (including phenoxy) is 2. The van der Waals surface area contributed by atoms with Gasteiger partial charge in [-0.05, 0) is 62.3 Å². The van der Waals surface area contributed by atoms with Gasteiger partial charge in [0.15, 0.2) is 0 Å². The van der Waals surface area contributed by atoms with Gasteiger partial charge in [0.2, 0.25) is 0 Å². The number of hydrogen-bond acceptors (Lipinski definition) is 5. The Morgan fingerprint density at radius 1 is 1.12 bits per heavy atom. The second kappa shape index (κ2) is 5.89. The van der Waals surface area contributed by atoms with E-state index in [2.05, 4.69) is 0 Å². The summed E-state index contributed by atoms with van der Waals surface area (Å²) in [4.78, 5) is 14.3. The van der Waals surface area contributed by atoms with Crippen LogP contribution in [0.2, 0.25) is 6.32 Å². The molecule has 2 aliphatic heterocycles. The van der Waals surface area contributed by atoms with Crippen LogP contribution in [0.15, 0.2) is 0 Å². The number of carbonyl (C=O) groups excluding carboxylic acids is 1. The van der Waals surface area contributed by atoms with Crippen molar-refractivity contribution in [3.05, 3.63) is 0 Å². The second-order valence-electron chi connectivity index (χ2n) is 9.18. The minimum absolute atomic E-state index is 0.149. The van der Waals surface area contributed by atoms with Crippen LogP contribution in [0.4, 0.5) is 4.79 Å². The summed E-state index contributed by atoms with van der Waals surface area (Å²) in [5.41, 5.74) is -2.03. The van der Waals surface area contributed by atoms with E-state index in [1.54, 1.807) is 4.90 Å². The topological polar surface area (TPSA) is 57.2 Å². The lowest BCUT2D eigenvalue weighted by Crippen LogP contribution is -2.50. The molecule has 0 aromatic rings. The van der Waals surface area contributed by atoms with Crippen LogP contribution >= 0.6 is 0 Å². The first-order chi connectivity index (χ1) is 10.6. The van der Waals surface area contributed by atoms with Crippen molar-refractivity contribution in [2.45, 2.75) is 97.2 Å². The van der Waals surface area contributed by atoms with Crippen LogP contribution in [-0.2, 0) is 18.8 Å². The predicted molar refractivity (Wildman–Crippen MR) is 92.8 cm³/mol. The number of rotatable bonds is 2. The summed E-state index contributed by atoms with van der Waals surface area (Å²) in [6.07, 6.45) is 0.182. The average Bonchev–Trinajstić information content (AvgIpc) is 2.70. The van der Waals surface area contributed by atoms with Crippen molar-refractivity contribution in [1.29, 1.82) is 0 Å². The molecule has 24 heavy (non-hydrogen) atoms. The van der Waals surface area contributed by atoms with Gasteiger partial charge >= 0.3 is 13.2 Å². The molecule has 138 valence electrons. The molecule has 0 aromatic carbocycles. The Balaban J connectivity index is 2.11. The molecule has 0 radical (unpaired) electrons. The van der Waals surface area contributed by atoms with Gasteiger partial charge in [-0.1, -0.05) is 0 Å². The van der Waals surface area contributed by atoms with Gasteiger partial charge in [0.1, 0.15) is 11.3 Å². The van der Waals surface area contributed by atoms with E-state index in [-0.39, 0.29) is 30.5 Å². The molecule has 2 aliphatic rings. The maximum Gasteiger partial charge on any atom is 0.460 e.